The molecule has 0 aromatic heterocycles. The number of rotatable bonds is 3. The van der Waals surface area contributed by atoms with Gasteiger partial charge < -0.3 is 0 Å². The van der Waals surface area contributed by atoms with Crippen LogP contribution in [-0.2, 0) is 0 Å². The van der Waals surface area contributed by atoms with Crippen LogP contribution in [0.2, 0.25) is 0 Å². The molecule has 2 nitrogen and oxygen atoms in total. The zero-order chi connectivity index (χ0) is 13.1. The lowest BCUT2D eigenvalue weighted by Crippen LogP contribution is -2.29. The molecule has 2 rings (SSSR count). The lowest BCUT2D eigenvalue weighted by Gasteiger charge is -2.20. The Morgan fingerprint density at radius 2 is 1.78 bits per heavy atom. The quantitative estimate of drug-likeness (QED) is 0.673. The van der Waals surface area contributed by atoms with E-state index in [4.69, 9.17) is 5.84 Å². The number of nitrogens with one attached hydrogen (secondary N) is 1. The molecule has 0 aliphatic rings. The molecule has 0 spiro atoms. The number of hydrogen-bond donors (Lipinski definition) is 2. The first-order valence-electron chi connectivity index (χ1n) is 5.60. The van der Waals surface area contributed by atoms with Crippen molar-refractivity contribution < 1.29 is 4.39 Å². The van der Waals surface area contributed by atoms with Crippen LogP contribution in [0.1, 0.15) is 22.7 Å². The second-order valence-corrected chi connectivity index (χ2v) is 4.89. The first-order valence-corrected chi connectivity index (χ1v) is 6.40. The maximum Gasteiger partial charge on any atom is 0.137 e. The normalized spacial score (nSPS) is 12.4. The van der Waals surface area contributed by atoms with E-state index in [1.165, 1.54) is 6.07 Å². The lowest BCUT2D eigenvalue weighted by atomic mass is 9.95. The van der Waals surface area contributed by atoms with Gasteiger partial charge in [0.25, 0.3) is 0 Å². The van der Waals surface area contributed by atoms with Gasteiger partial charge in [-0.25, -0.2) is 9.82 Å². The predicted octanol–water partition coefficient (Wildman–Crippen LogP) is 3.45. The average molecular weight is 309 g/mol. The Bertz CT molecular complexity index is 557. The molecule has 0 saturated carbocycles. The molecule has 1 unspecified atom stereocenters. The Morgan fingerprint density at radius 3 is 2.44 bits per heavy atom. The van der Waals surface area contributed by atoms with Gasteiger partial charge in [0.05, 0.1) is 10.5 Å². The van der Waals surface area contributed by atoms with E-state index in [9.17, 15) is 4.39 Å². The summed E-state index contributed by atoms with van der Waals surface area (Å²) in [5.41, 5.74) is 5.67. The number of aryl methyl sites for hydroxylation is 1. The molecular weight excluding hydrogens is 295 g/mol. The van der Waals surface area contributed by atoms with Gasteiger partial charge in [-0.1, -0.05) is 36.4 Å². The molecule has 2 aromatic rings. The van der Waals surface area contributed by atoms with Crippen molar-refractivity contribution in [2.24, 2.45) is 5.84 Å². The minimum Gasteiger partial charge on any atom is -0.271 e. The summed E-state index contributed by atoms with van der Waals surface area (Å²) in [7, 11) is 0. The van der Waals surface area contributed by atoms with E-state index in [1.54, 1.807) is 6.07 Å². The molecule has 18 heavy (non-hydrogen) atoms. The van der Waals surface area contributed by atoms with E-state index in [0.717, 1.165) is 16.7 Å². The fraction of sp³-hybridized carbons (Fsp3) is 0.143. The Morgan fingerprint density at radius 1 is 1.11 bits per heavy atom. The van der Waals surface area contributed by atoms with E-state index in [2.05, 4.69) is 21.4 Å². The zero-order valence-corrected chi connectivity index (χ0v) is 11.5. The van der Waals surface area contributed by atoms with Crippen LogP contribution in [0.5, 0.6) is 0 Å². The fourth-order valence-electron chi connectivity index (χ4n) is 2.00. The topological polar surface area (TPSA) is 38.0 Å². The van der Waals surface area contributed by atoms with Crippen LogP contribution in [0, 0.1) is 12.7 Å². The summed E-state index contributed by atoms with van der Waals surface area (Å²) in [6, 6.07) is 12.6. The highest BCUT2D eigenvalue weighted by atomic mass is 79.9. The molecule has 0 heterocycles. The minimum atomic E-state index is -0.290. The van der Waals surface area contributed by atoms with Gasteiger partial charge >= 0.3 is 0 Å². The number of hydrazine groups is 1. The summed E-state index contributed by atoms with van der Waals surface area (Å²) in [4.78, 5) is 0. The fourth-order valence-corrected chi connectivity index (χ4v) is 2.49. The van der Waals surface area contributed by atoms with Crippen molar-refractivity contribution >= 4 is 15.9 Å². The van der Waals surface area contributed by atoms with E-state index < -0.39 is 0 Å². The third kappa shape index (κ3) is 2.46. The van der Waals surface area contributed by atoms with Gasteiger partial charge in [0, 0.05) is 0 Å². The first kappa shape index (κ1) is 13.2. The van der Waals surface area contributed by atoms with Gasteiger partial charge in [-0.05, 0) is 45.6 Å². The zero-order valence-electron chi connectivity index (χ0n) is 9.95. The van der Waals surface area contributed by atoms with Gasteiger partial charge in [0.1, 0.15) is 5.82 Å². The van der Waals surface area contributed by atoms with Crippen molar-refractivity contribution in [1.82, 2.24) is 5.43 Å². The van der Waals surface area contributed by atoms with Gasteiger partial charge in [-0.3, -0.25) is 5.84 Å². The molecule has 0 fully saturated rings. The summed E-state index contributed by atoms with van der Waals surface area (Å²) in [6.45, 7) is 2.01. The molecule has 1 atom stereocenters. The van der Waals surface area contributed by atoms with E-state index in [1.807, 2.05) is 37.3 Å². The summed E-state index contributed by atoms with van der Waals surface area (Å²) in [6.07, 6.45) is 0. The SMILES string of the molecule is Cc1ccccc1C(NN)c1cccc(F)c1Br. The van der Waals surface area contributed by atoms with Gasteiger partial charge in [0.15, 0.2) is 0 Å². The van der Waals surface area contributed by atoms with Crippen LogP contribution in [0.25, 0.3) is 0 Å². The highest BCUT2D eigenvalue weighted by molar-refractivity contribution is 9.10. The van der Waals surface area contributed by atoms with Crippen molar-refractivity contribution in [2.45, 2.75) is 13.0 Å². The van der Waals surface area contributed by atoms with Crippen LogP contribution < -0.4 is 11.3 Å². The third-order valence-electron chi connectivity index (χ3n) is 2.96. The van der Waals surface area contributed by atoms with Crippen LogP contribution in [0.4, 0.5) is 4.39 Å². The number of nitrogens with two attached hydrogens (primary N) is 1. The number of hydrogen-bond acceptors (Lipinski definition) is 2. The lowest BCUT2D eigenvalue weighted by molar-refractivity contribution is 0.596. The minimum absolute atomic E-state index is 0.240. The molecule has 3 N–H and O–H groups in total. The van der Waals surface area contributed by atoms with Crippen LogP contribution in [-0.4, -0.2) is 0 Å². The van der Waals surface area contributed by atoms with Crippen LogP contribution >= 0.6 is 15.9 Å². The molecule has 0 aliphatic carbocycles. The molecule has 0 amide bonds. The van der Waals surface area contributed by atoms with Crippen molar-refractivity contribution in [3.8, 4) is 0 Å². The van der Waals surface area contributed by atoms with Gasteiger partial charge in [-0.15, -0.1) is 0 Å². The molecule has 2 aromatic carbocycles. The molecular formula is C14H14BrFN2. The average Bonchev–Trinajstić information content (AvgIpc) is 2.37. The van der Waals surface area contributed by atoms with Crippen molar-refractivity contribution in [3.05, 3.63) is 69.4 Å². The molecule has 0 radical (unpaired) electrons. The van der Waals surface area contributed by atoms with Crippen molar-refractivity contribution in [2.75, 3.05) is 0 Å². The molecule has 94 valence electrons. The van der Waals surface area contributed by atoms with Crippen LogP contribution in [0.3, 0.4) is 0 Å². The van der Waals surface area contributed by atoms with E-state index >= 15 is 0 Å². The molecule has 0 aliphatic heterocycles. The van der Waals surface area contributed by atoms with E-state index in [-0.39, 0.29) is 11.9 Å². The summed E-state index contributed by atoms with van der Waals surface area (Å²) in [5, 5.41) is 0. The standard InChI is InChI=1S/C14H14BrFN2/c1-9-5-2-3-6-10(9)14(18-17)11-7-4-8-12(16)13(11)15/h2-8,14,18H,17H2,1H3. The Labute approximate surface area is 114 Å². The third-order valence-corrected chi connectivity index (χ3v) is 3.80. The van der Waals surface area contributed by atoms with E-state index in [0.29, 0.717) is 4.47 Å². The molecule has 0 saturated heterocycles. The van der Waals surface area contributed by atoms with Gasteiger partial charge in [0.2, 0.25) is 0 Å². The monoisotopic (exact) mass is 308 g/mol. The summed E-state index contributed by atoms with van der Waals surface area (Å²) < 4.78 is 14.0. The summed E-state index contributed by atoms with van der Waals surface area (Å²) >= 11 is 3.27. The second kappa shape index (κ2) is 5.61. The molecule has 4 heteroatoms. The number of benzene rings is 2. The first-order chi connectivity index (χ1) is 8.65. The smallest absolute Gasteiger partial charge is 0.137 e. The Balaban J connectivity index is 2.53. The largest absolute Gasteiger partial charge is 0.271 e. The highest BCUT2D eigenvalue weighted by Crippen LogP contribution is 2.31. The Kier molecular flexibility index (Phi) is 4.11. The highest BCUT2D eigenvalue weighted by Gasteiger charge is 2.18. The number of halogens is 2. The maximum atomic E-state index is 13.6. The van der Waals surface area contributed by atoms with Gasteiger partial charge in [-0.2, -0.15) is 0 Å². The second-order valence-electron chi connectivity index (χ2n) is 4.10. The van der Waals surface area contributed by atoms with Crippen molar-refractivity contribution in [3.63, 3.8) is 0 Å². The van der Waals surface area contributed by atoms with Crippen molar-refractivity contribution in [1.29, 1.82) is 0 Å². The molecule has 0 bridgehead atoms. The van der Waals surface area contributed by atoms with Crippen LogP contribution in [0.15, 0.2) is 46.9 Å². The summed E-state index contributed by atoms with van der Waals surface area (Å²) in [5.74, 6) is 5.34. The predicted molar refractivity (Wildman–Crippen MR) is 74.4 cm³/mol. The Hall–Kier alpha value is -1.23. The maximum absolute atomic E-state index is 13.6.